The number of aromatic nitrogens is 1. The molecule has 1 heterocycles. The van der Waals surface area contributed by atoms with E-state index in [2.05, 4.69) is 52.8 Å². The minimum atomic E-state index is -0.790. The third-order valence-electron chi connectivity index (χ3n) is 8.32. The van der Waals surface area contributed by atoms with Crippen LogP contribution in [0.4, 0.5) is 5.69 Å². The normalized spacial score (nSPS) is 19.1. The second-order valence-electron chi connectivity index (χ2n) is 10.7. The van der Waals surface area contributed by atoms with Gasteiger partial charge in [-0.2, -0.15) is 0 Å². The van der Waals surface area contributed by atoms with Crippen LogP contribution in [0.25, 0.3) is 10.9 Å². The molecule has 5 heteroatoms. The molecule has 0 amide bonds. The van der Waals surface area contributed by atoms with E-state index in [1.165, 1.54) is 42.2 Å². The van der Waals surface area contributed by atoms with Crippen molar-refractivity contribution in [1.29, 1.82) is 0 Å². The predicted molar refractivity (Wildman–Crippen MR) is 156 cm³/mol. The van der Waals surface area contributed by atoms with Gasteiger partial charge in [0.2, 0.25) is 0 Å². The Labute approximate surface area is 230 Å². The maximum absolute atomic E-state index is 11.4. The van der Waals surface area contributed by atoms with E-state index < -0.39 is 11.9 Å². The van der Waals surface area contributed by atoms with Gasteiger partial charge < -0.3 is 10.4 Å². The van der Waals surface area contributed by atoms with Gasteiger partial charge in [-0.25, -0.2) is 0 Å². The summed E-state index contributed by atoms with van der Waals surface area (Å²) in [6.45, 7) is 2.63. The number of carboxylic acid groups (broad SMARTS) is 1. The molecular weight excluding hydrogens is 492 g/mol. The predicted octanol–water partition coefficient (Wildman–Crippen LogP) is 8.32. The highest BCUT2D eigenvalue weighted by molar-refractivity contribution is 6.30. The van der Waals surface area contributed by atoms with Crippen molar-refractivity contribution in [3.63, 3.8) is 0 Å². The van der Waals surface area contributed by atoms with Gasteiger partial charge in [0.25, 0.3) is 0 Å². The van der Waals surface area contributed by atoms with Gasteiger partial charge in [-0.1, -0.05) is 54.1 Å². The van der Waals surface area contributed by atoms with Gasteiger partial charge >= 0.3 is 5.97 Å². The van der Waals surface area contributed by atoms with Crippen LogP contribution >= 0.6 is 11.6 Å². The minimum Gasteiger partial charge on any atom is -0.481 e. The Hall–Kier alpha value is -3.37. The lowest BCUT2D eigenvalue weighted by Crippen LogP contribution is -2.28. The summed E-state index contributed by atoms with van der Waals surface area (Å²) < 4.78 is 0. The van der Waals surface area contributed by atoms with Crippen molar-refractivity contribution < 1.29 is 9.90 Å². The van der Waals surface area contributed by atoms with Gasteiger partial charge in [0.05, 0.1) is 11.4 Å². The number of nitrogens with one attached hydrogen (secondary N) is 1. The third-order valence-corrected chi connectivity index (χ3v) is 8.57. The number of anilines is 1. The molecule has 1 saturated carbocycles. The Morgan fingerprint density at radius 1 is 0.974 bits per heavy atom. The first-order chi connectivity index (χ1) is 18.5. The standard InChI is InChI=1S/C33H35ClN2O2/c1-22(33(37)38)24-8-6-23(7-9-24)20-27(21-36-29-16-14-28(34)15-17-29)25-10-12-26(13-11-25)30-18-19-35-32-5-3-2-4-31(30)32/h2-9,14-19,22,25-27,36H,10-13,20-21H2,1H3,(H,37,38)/t22-,25?,26?,27-/m0/s1. The van der Waals surface area contributed by atoms with Crippen molar-refractivity contribution in [3.05, 3.63) is 107 Å². The second kappa shape index (κ2) is 12.0. The van der Waals surface area contributed by atoms with E-state index in [-0.39, 0.29) is 0 Å². The van der Waals surface area contributed by atoms with Crippen LogP contribution in [-0.2, 0) is 11.2 Å². The Kier molecular flexibility index (Phi) is 8.29. The van der Waals surface area contributed by atoms with Crippen molar-refractivity contribution in [1.82, 2.24) is 4.98 Å². The number of nitrogens with zero attached hydrogens (tertiary/aromatic N) is 1. The van der Waals surface area contributed by atoms with Crippen molar-refractivity contribution in [3.8, 4) is 0 Å². The van der Waals surface area contributed by atoms with Crippen LogP contribution in [0.5, 0.6) is 0 Å². The maximum atomic E-state index is 11.4. The van der Waals surface area contributed by atoms with E-state index in [9.17, 15) is 9.90 Å². The van der Waals surface area contributed by atoms with Gasteiger partial charge in [-0.05, 0) is 110 Å². The van der Waals surface area contributed by atoms with Crippen molar-refractivity contribution in [2.24, 2.45) is 11.8 Å². The zero-order chi connectivity index (χ0) is 26.5. The number of pyridine rings is 1. The molecule has 0 radical (unpaired) electrons. The fourth-order valence-electron chi connectivity index (χ4n) is 5.99. The quantitative estimate of drug-likeness (QED) is 0.230. The highest BCUT2D eigenvalue weighted by atomic mass is 35.5. The van der Waals surface area contributed by atoms with Crippen LogP contribution in [0.3, 0.4) is 0 Å². The van der Waals surface area contributed by atoms with Crippen molar-refractivity contribution in [2.75, 3.05) is 11.9 Å². The summed E-state index contributed by atoms with van der Waals surface area (Å²) in [6.07, 6.45) is 7.69. The number of halogens is 1. The monoisotopic (exact) mass is 526 g/mol. The van der Waals surface area contributed by atoms with E-state index in [1.807, 2.05) is 42.6 Å². The SMILES string of the molecule is C[C@H](C(=O)O)c1ccc(C[C@@H](CNc2ccc(Cl)cc2)C2CCC(c3ccnc4ccccc34)CC2)cc1. The number of rotatable bonds is 9. The number of carbonyl (C=O) groups is 1. The summed E-state index contributed by atoms with van der Waals surface area (Å²) in [4.78, 5) is 16.0. The summed E-state index contributed by atoms with van der Waals surface area (Å²) >= 11 is 6.09. The molecule has 38 heavy (non-hydrogen) atoms. The number of para-hydroxylation sites is 1. The molecule has 2 N–H and O–H groups in total. The Balaban J connectivity index is 1.30. The van der Waals surface area contributed by atoms with Gasteiger partial charge in [0, 0.05) is 28.8 Å². The van der Waals surface area contributed by atoms with Crippen LogP contribution in [0.2, 0.25) is 5.02 Å². The number of benzene rings is 3. The molecule has 1 fully saturated rings. The zero-order valence-corrected chi connectivity index (χ0v) is 22.6. The molecule has 0 aliphatic heterocycles. The van der Waals surface area contributed by atoms with Gasteiger partial charge in [-0.15, -0.1) is 0 Å². The first-order valence-electron chi connectivity index (χ1n) is 13.6. The molecule has 4 nitrogen and oxygen atoms in total. The molecule has 5 rings (SSSR count). The molecule has 0 bridgehead atoms. The lowest BCUT2D eigenvalue weighted by Gasteiger charge is -2.35. The first-order valence-corrected chi connectivity index (χ1v) is 14.0. The van der Waals surface area contributed by atoms with Crippen LogP contribution < -0.4 is 5.32 Å². The number of fused-ring (bicyclic) bond motifs is 1. The Morgan fingerprint density at radius 2 is 1.68 bits per heavy atom. The number of aliphatic carboxylic acids is 1. The fourth-order valence-corrected chi connectivity index (χ4v) is 6.11. The molecule has 1 aliphatic carbocycles. The second-order valence-corrected chi connectivity index (χ2v) is 11.1. The van der Waals surface area contributed by atoms with Gasteiger partial charge in [0.15, 0.2) is 0 Å². The fraction of sp³-hybridized carbons (Fsp3) is 0.333. The van der Waals surface area contributed by atoms with Crippen LogP contribution in [0.1, 0.15) is 61.1 Å². The summed E-state index contributed by atoms with van der Waals surface area (Å²) in [6, 6.07) is 26.8. The Morgan fingerprint density at radius 3 is 2.39 bits per heavy atom. The van der Waals surface area contributed by atoms with E-state index in [4.69, 9.17) is 11.6 Å². The van der Waals surface area contributed by atoms with Crippen LogP contribution in [0, 0.1) is 11.8 Å². The lowest BCUT2D eigenvalue weighted by atomic mass is 9.72. The van der Waals surface area contributed by atoms with Crippen molar-refractivity contribution in [2.45, 2.75) is 50.9 Å². The Bertz CT molecular complexity index is 1360. The summed E-state index contributed by atoms with van der Waals surface area (Å²) in [5.74, 6) is 0.383. The minimum absolute atomic E-state index is 0.476. The van der Waals surface area contributed by atoms with Gasteiger partial charge in [0.1, 0.15) is 0 Å². The molecule has 196 valence electrons. The first kappa shape index (κ1) is 26.2. The zero-order valence-electron chi connectivity index (χ0n) is 21.8. The summed E-state index contributed by atoms with van der Waals surface area (Å²) in [5.41, 5.74) is 5.71. The van der Waals surface area contributed by atoms with E-state index in [1.54, 1.807) is 6.92 Å². The summed E-state index contributed by atoms with van der Waals surface area (Å²) in [5, 5.41) is 15.0. The molecule has 2 atom stereocenters. The number of hydrogen-bond donors (Lipinski definition) is 2. The van der Waals surface area contributed by atoms with Gasteiger partial charge in [-0.3, -0.25) is 9.78 Å². The highest BCUT2D eigenvalue weighted by Gasteiger charge is 2.29. The molecule has 0 saturated heterocycles. The van der Waals surface area contributed by atoms with Crippen LogP contribution in [-0.4, -0.2) is 22.6 Å². The topological polar surface area (TPSA) is 62.2 Å². The third kappa shape index (κ3) is 6.19. The molecule has 1 aromatic heterocycles. The smallest absolute Gasteiger partial charge is 0.310 e. The largest absolute Gasteiger partial charge is 0.481 e. The molecular formula is C33H35ClN2O2. The van der Waals surface area contributed by atoms with E-state index in [0.29, 0.717) is 17.8 Å². The molecule has 1 aliphatic rings. The summed E-state index contributed by atoms with van der Waals surface area (Å²) in [7, 11) is 0. The number of hydrogen-bond acceptors (Lipinski definition) is 3. The van der Waals surface area contributed by atoms with Crippen LogP contribution in [0.15, 0.2) is 85.1 Å². The lowest BCUT2D eigenvalue weighted by molar-refractivity contribution is -0.138. The molecule has 0 unspecified atom stereocenters. The average molecular weight is 527 g/mol. The molecule has 0 spiro atoms. The molecule has 4 aromatic rings. The number of carboxylic acids is 1. The molecule has 3 aromatic carbocycles. The van der Waals surface area contributed by atoms with Crippen molar-refractivity contribution >= 4 is 34.2 Å². The van der Waals surface area contributed by atoms with E-state index in [0.717, 1.165) is 34.8 Å². The average Bonchev–Trinajstić information content (AvgIpc) is 2.96. The highest BCUT2D eigenvalue weighted by Crippen LogP contribution is 2.41. The maximum Gasteiger partial charge on any atom is 0.310 e. The van der Waals surface area contributed by atoms with E-state index >= 15 is 0 Å².